The van der Waals surface area contributed by atoms with Crippen molar-refractivity contribution in [1.82, 2.24) is 5.32 Å². The van der Waals surface area contributed by atoms with Gasteiger partial charge in [0.25, 0.3) is 0 Å². The van der Waals surface area contributed by atoms with Gasteiger partial charge in [-0.1, -0.05) is 88.3 Å². The van der Waals surface area contributed by atoms with Crippen LogP contribution < -0.4 is 21.5 Å². The number of rotatable bonds is 11. The zero-order valence-electron chi connectivity index (χ0n) is 25.5. The van der Waals surface area contributed by atoms with Crippen molar-refractivity contribution in [3.05, 3.63) is 65.5 Å². The van der Waals surface area contributed by atoms with Crippen LogP contribution in [0.3, 0.4) is 0 Å². The van der Waals surface area contributed by atoms with Crippen LogP contribution in [0.4, 0.5) is 4.39 Å². The summed E-state index contributed by atoms with van der Waals surface area (Å²) in [6.45, 7) is 2.68. The Morgan fingerprint density at radius 1 is 1.05 bits per heavy atom. The zero-order chi connectivity index (χ0) is 31.6. The van der Waals surface area contributed by atoms with Crippen LogP contribution in [0.5, 0.6) is 5.75 Å². The summed E-state index contributed by atoms with van der Waals surface area (Å²) in [7, 11) is 4.65. The van der Waals surface area contributed by atoms with E-state index in [0.29, 0.717) is 19.4 Å². The molecule has 2 aromatic carbocycles. The second kappa shape index (κ2) is 25.0. The van der Waals surface area contributed by atoms with Crippen LogP contribution in [-0.2, 0) is 32.1 Å². The average Bonchev–Trinajstić information content (AvgIpc) is 2.98. The number of guanidine groups is 1. The highest BCUT2D eigenvalue weighted by molar-refractivity contribution is 5.92. The van der Waals surface area contributed by atoms with Crippen LogP contribution in [0.1, 0.15) is 69.4 Å². The van der Waals surface area contributed by atoms with Gasteiger partial charge in [0.15, 0.2) is 17.5 Å². The molecule has 0 spiro atoms. The number of methoxy groups -OCH3 is 2. The number of nitrogens with one attached hydrogen (secondary N) is 1. The SMILES string of the molecule is CCCC1CCCCC1.COC.COc1cc(CNC=O)ccc1F.NC(N)=NC(=O)CC(C=O)Cc1ccccc1. The number of aliphatic imine (C=N–C) groups is 1. The average molecular weight is 589 g/mol. The van der Waals surface area contributed by atoms with E-state index in [0.717, 1.165) is 23.3 Å². The molecule has 0 saturated heterocycles. The van der Waals surface area contributed by atoms with E-state index < -0.39 is 17.6 Å². The van der Waals surface area contributed by atoms with Crippen molar-refractivity contribution in [2.24, 2.45) is 28.3 Å². The van der Waals surface area contributed by atoms with E-state index >= 15 is 0 Å². The first kappa shape index (κ1) is 38.2. The number of carbonyl (C=O) groups is 3. The highest BCUT2D eigenvalue weighted by atomic mass is 19.1. The third-order valence-corrected chi connectivity index (χ3v) is 6.25. The summed E-state index contributed by atoms with van der Waals surface area (Å²) in [5.41, 5.74) is 12.0. The lowest BCUT2D eigenvalue weighted by molar-refractivity contribution is -0.121. The molecular weight excluding hydrogens is 539 g/mol. The fourth-order valence-electron chi connectivity index (χ4n) is 4.36. The van der Waals surface area contributed by atoms with E-state index in [9.17, 15) is 18.8 Å². The van der Waals surface area contributed by atoms with E-state index in [1.807, 2.05) is 30.3 Å². The highest BCUT2D eigenvalue weighted by Crippen LogP contribution is 2.26. The van der Waals surface area contributed by atoms with Gasteiger partial charge in [-0.05, 0) is 35.6 Å². The fourth-order valence-corrected chi connectivity index (χ4v) is 4.36. The Kier molecular flexibility index (Phi) is 22.7. The smallest absolute Gasteiger partial charge is 0.249 e. The summed E-state index contributed by atoms with van der Waals surface area (Å²) < 4.78 is 21.9. The second-order valence-electron chi connectivity index (χ2n) is 9.89. The van der Waals surface area contributed by atoms with E-state index in [2.05, 4.69) is 22.0 Å². The van der Waals surface area contributed by atoms with E-state index in [1.165, 1.54) is 58.1 Å². The number of nitrogens with zero attached hydrogens (tertiary/aromatic N) is 1. The first-order valence-corrected chi connectivity index (χ1v) is 14.3. The molecule has 3 rings (SSSR count). The normalized spacial score (nSPS) is 12.8. The maximum absolute atomic E-state index is 12.9. The summed E-state index contributed by atoms with van der Waals surface area (Å²) in [5, 5.41) is 2.48. The molecule has 0 aliphatic heterocycles. The van der Waals surface area contributed by atoms with E-state index in [-0.39, 0.29) is 18.1 Å². The molecule has 0 radical (unpaired) electrons. The fraction of sp³-hybridized carbons (Fsp3) is 0.500. The first-order chi connectivity index (χ1) is 20.2. The number of ether oxygens (including phenoxy) is 2. The van der Waals surface area contributed by atoms with Gasteiger partial charge >= 0.3 is 0 Å². The quantitative estimate of drug-likeness (QED) is 0.191. The molecule has 1 unspecified atom stereocenters. The maximum atomic E-state index is 12.9. The molecule has 10 heteroatoms. The van der Waals surface area contributed by atoms with Crippen LogP contribution in [-0.4, -0.2) is 45.9 Å². The molecule has 42 heavy (non-hydrogen) atoms. The molecule has 0 bridgehead atoms. The molecule has 2 aromatic rings. The van der Waals surface area contributed by atoms with Gasteiger partial charge in [-0.25, -0.2) is 4.39 Å². The van der Waals surface area contributed by atoms with Crippen LogP contribution in [0, 0.1) is 17.7 Å². The molecule has 1 saturated carbocycles. The van der Waals surface area contributed by atoms with Gasteiger partial charge in [0.05, 0.1) is 7.11 Å². The number of nitrogens with two attached hydrogens (primary N) is 2. The standard InChI is InChI=1S/C12H15N3O2.C9H10FNO2.C9H18.C2H6O/c13-12(14)15-11(17)7-10(8-16)6-9-4-2-1-3-5-9;1-13-9-4-7(5-11-6-12)2-3-8(9)10;1-2-6-9-7-4-3-5-8-9;1-3-2/h1-5,8,10H,6-7H2,(H4,13,14,15,17);2-4,6H,5H2,1H3,(H,11,12);9H,2-8H2,1H3;1-2H3. The second-order valence-corrected chi connectivity index (χ2v) is 9.89. The predicted molar refractivity (Wildman–Crippen MR) is 165 cm³/mol. The summed E-state index contributed by atoms with van der Waals surface area (Å²) in [4.78, 5) is 35.5. The minimum absolute atomic E-state index is 0.0241. The Balaban J connectivity index is 0.000000595. The van der Waals surface area contributed by atoms with Gasteiger partial charge in [0.2, 0.25) is 12.3 Å². The maximum Gasteiger partial charge on any atom is 0.249 e. The third kappa shape index (κ3) is 19.3. The van der Waals surface area contributed by atoms with Crippen LogP contribution in [0.15, 0.2) is 53.5 Å². The molecule has 1 atom stereocenters. The van der Waals surface area contributed by atoms with Gasteiger partial charge in [0.1, 0.15) is 6.29 Å². The molecule has 5 N–H and O–H groups in total. The molecule has 9 nitrogen and oxygen atoms in total. The molecular formula is C32H49FN4O5. The van der Waals surface area contributed by atoms with E-state index in [4.69, 9.17) is 16.2 Å². The van der Waals surface area contributed by atoms with Crippen LogP contribution in [0.25, 0.3) is 0 Å². The minimum Gasteiger partial charge on any atom is -0.494 e. The van der Waals surface area contributed by atoms with Crippen molar-refractivity contribution in [3.63, 3.8) is 0 Å². The summed E-state index contributed by atoms with van der Waals surface area (Å²) in [5.74, 6) is -0.267. The van der Waals surface area contributed by atoms with Crippen molar-refractivity contribution in [3.8, 4) is 5.75 Å². The Labute approximate surface area is 250 Å². The lowest BCUT2D eigenvalue weighted by atomic mass is 9.86. The minimum atomic E-state index is -0.474. The van der Waals surface area contributed by atoms with Crippen molar-refractivity contribution >= 4 is 24.6 Å². The van der Waals surface area contributed by atoms with Crippen molar-refractivity contribution in [2.75, 3.05) is 21.3 Å². The van der Waals surface area contributed by atoms with Gasteiger partial charge in [-0.2, -0.15) is 4.99 Å². The summed E-state index contributed by atoms with van der Waals surface area (Å²) in [6.07, 6.45) is 12.3. The number of carbonyl (C=O) groups excluding carboxylic acids is 3. The van der Waals surface area contributed by atoms with Crippen LogP contribution in [0.2, 0.25) is 0 Å². The molecule has 0 heterocycles. The van der Waals surface area contributed by atoms with Crippen molar-refractivity contribution in [1.29, 1.82) is 0 Å². The molecule has 2 amide bonds. The lowest BCUT2D eigenvalue weighted by Gasteiger charge is -2.20. The van der Waals surface area contributed by atoms with Crippen molar-refractivity contribution < 1.29 is 28.2 Å². The highest BCUT2D eigenvalue weighted by Gasteiger charge is 2.13. The lowest BCUT2D eigenvalue weighted by Crippen LogP contribution is -2.25. The Bertz CT molecular complexity index is 1020. The number of halogens is 1. The molecule has 0 aromatic heterocycles. The third-order valence-electron chi connectivity index (χ3n) is 6.25. The molecule has 1 aliphatic carbocycles. The number of hydrogen-bond acceptors (Lipinski definition) is 5. The molecule has 234 valence electrons. The zero-order valence-corrected chi connectivity index (χ0v) is 25.5. The molecule has 1 fully saturated rings. The first-order valence-electron chi connectivity index (χ1n) is 14.3. The van der Waals surface area contributed by atoms with Gasteiger partial charge in [0, 0.05) is 33.1 Å². The van der Waals surface area contributed by atoms with Crippen LogP contribution >= 0.6 is 0 Å². The Morgan fingerprint density at radius 2 is 1.69 bits per heavy atom. The van der Waals surface area contributed by atoms with Gasteiger partial charge in [-0.3, -0.25) is 9.59 Å². The number of amides is 2. The largest absolute Gasteiger partial charge is 0.494 e. The predicted octanol–water partition coefficient (Wildman–Crippen LogP) is 4.94. The van der Waals surface area contributed by atoms with E-state index in [1.54, 1.807) is 26.4 Å². The van der Waals surface area contributed by atoms with Crippen molar-refractivity contribution in [2.45, 2.75) is 71.3 Å². The van der Waals surface area contributed by atoms with Gasteiger partial charge < -0.3 is 31.1 Å². The number of aldehydes is 1. The number of benzene rings is 2. The Hall–Kier alpha value is -3.79. The topological polar surface area (TPSA) is 146 Å². The monoisotopic (exact) mass is 588 g/mol. The summed E-state index contributed by atoms with van der Waals surface area (Å²) >= 11 is 0. The Morgan fingerprint density at radius 3 is 2.21 bits per heavy atom. The number of hydrogen-bond donors (Lipinski definition) is 3. The molecule has 1 aliphatic rings. The van der Waals surface area contributed by atoms with Gasteiger partial charge in [-0.15, -0.1) is 0 Å². The summed E-state index contributed by atoms with van der Waals surface area (Å²) in [6, 6.07) is 13.9.